The maximum absolute atomic E-state index is 6.10. The maximum atomic E-state index is 6.10. The van der Waals surface area contributed by atoms with Gasteiger partial charge in [-0.05, 0) is 18.1 Å². The van der Waals surface area contributed by atoms with E-state index in [1.165, 1.54) is 5.39 Å². The molecule has 1 N–H and O–H groups in total. The van der Waals surface area contributed by atoms with Gasteiger partial charge in [0.1, 0.15) is 5.15 Å². The molecule has 0 bridgehead atoms. The summed E-state index contributed by atoms with van der Waals surface area (Å²) in [5, 5.41) is 2.92. The molecule has 0 atom stereocenters. The van der Waals surface area contributed by atoms with Gasteiger partial charge < -0.3 is 4.98 Å². The fraction of sp³-hybridized carbons (Fsp3) is 0.214. The molecule has 3 heteroatoms. The Morgan fingerprint density at radius 2 is 1.94 bits per heavy atom. The van der Waals surface area contributed by atoms with Gasteiger partial charge in [0.2, 0.25) is 0 Å². The van der Waals surface area contributed by atoms with E-state index in [-0.39, 0.29) is 0 Å². The first-order valence-corrected chi connectivity index (χ1v) is 6.11. The van der Waals surface area contributed by atoms with Gasteiger partial charge in [-0.25, -0.2) is 4.98 Å². The van der Waals surface area contributed by atoms with E-state index in [9.17, 15) is 0 Å². The van der Waals surface area contributed by atoms with Crippen molar-refractivity contribution >= 4 is 33.4 Å². The Kier molecular flexibility index (Phi) is 2.33. The first kappa shape index (κ1) is 10.6. The summed E-state index contributed by atoms with van der Waals surface area (Å²) in [6, 6.07) is 10.2. The molecule has 2 heterocycles. The van der Waals surface area contributed by atoms with Crippen LogP contribution in [0.1, 0.15) is 25.5 Å². The van der Waals surface area contributed by atoms with Crippen LogP contribution in [0.5, 0.6) is 0 Å². The van der Waals surface area contributed by atoms with Crippen molar-refractivity contribution in [3.05, 3.63) is 41.2 Å². The van der Waals surface area contributed by atoms with Crippen molar-refractivity contribution < 1.29 is 0 Å². The lowest BCUT2D eigenvalue weighted by atomic mass is 10.1. The predicted molar refractivity (Wildman–Crippen MR) is 72.7 cm³/mol. The predicted octanol–water partition coefficient (Wildman–Crippen LogP) is 4.49. The highest BCUT2D eigenvalue weighted by Crippen LogP contribution is 2.31. The van der Waals surface area contributed by atoms with Gasteiger partial charge in [0.25, 0.3) is 0 Å². The van der Waals surface area contributed by atoms with Crippen LogP contribution in [-0.4, -0.2) is 9.97 Å². The Labute approximate surface area is 105 Å². The Morgan fingerprint density at radius 3 is 2.71 bits per heavy atom. The average Bonchev–Trinajstić information content (AvgIpc) is 2.66. The molecule has 0 fully saturated rings. The number of aromatic nitrogens is 2. The van der Waals surface area contributed by atoms with E-state index in [1.807, 2.05) is 18.2 Å². The van der Waals surface area contributed by atoms with Crippen LogP contribution < -0.4 is 0 Å². The van der Waals surface area contributed by atoms with E-state index < -0.39 is 0 Å². The number of H-pyrrole nitrogens is 1. The maximum Gasteiger partial charge on any atom is 0.130 e. The van der Waals surface area contributed by atoms with Crippen molar-refractivity contribution in [2.24, 2.45) is 0 Å². The molecule has 3 rings (SSSR count). The molecule has 86 valence electrons. The van der Waals surface area contributed by atoms with Crippen LogP contribution in [0.4, 0.5) is 0 Å². The Bertz CT molecular complexity index is 698. The van der Waals surface area contributed by atoms with E-state index in [0.717, 1.165) is 22.1 Å². The standard InChI is InChI=1S/C14H13ClN2/c1-8(2)13-14-10(7-12(15)17-13)9-5-3-4-6-11(9)16-14/h3-8,16H,1-2H3. The number of hydrogen-bond donors (Lipinski definition) is 1. The minimum absolute atomic E-state index is 0.351. The summed E-state index contributed by atoms with van der Waals surface area (Å²) < 4.78 is 0. The molecule has 0 saturated heterocycles. The number of nitrogens with zero attached hydrogens (tertiary/aromatic N) is 1. The SMILES string of the molecule is CC(C)c1nc(Cl)cc2c1[nH]c1ccccc12. The molecule has 0 aliphatic heterocycles. The van der Waals surface area contributed by atoms with Gasteiger partial charge in [-0.15, -0.1) is 0 Å². The third kappa shape index (κ3) is 1.60. The van der Waals surface area contributed by atoms with E-state index in [0.29, 0.717) is 11.1 Å². The number of halogens is 1. The zero-order valence-corrected chi connectivity index (χ0v) is 10.5. The molecule has 0 saturated carbocycles. The molecule has 0 amide bonds. The molecule has 0 radical (unpaired) electrons. The zero-order valence-electron chi connectivity index (χ0n) is 9.79. The van der Waals surface area contributed by atoms with Gasteiger partial charge >= 0.3 is 0 Å². The van der Waals surface area contributed by atoms with Crippen molar-refractivity contribution in [2.45, 2.75) is 19.8 Å². The number of aromatic amines is 1. The van der Waals surface area contributed by atoms with Crippen molar-refractivity contribution in [1.29, 1.82) is 0 Å². The number of para-hydroxylation sites is 1. The smallest absolute Gasteiger partial charge is 0.130 e. The molecule has 0 unspecified atom stereocenters. The van der Waals surface area contributed by atoms with Crippen LogP contribution in [0, 0.1) is 0 Å². The van der Waals surface area contributed by atoms with E-state index in [2.05, 4.69) is 35.9 Å². The summed E-state index contributed by atoms with van der Waals surface area (Å²) in [5.74, 6) is 0.351. The first-order chi connectivity index (χ1) is 8.16. The molecular weight excluding hydrogens is 232 g/mol. The molecule has 17 heavy (non-hydrogen) atoms. The molecule has 2 nitrogen and oxygen atoms in total. The highest BCUT2D eigenvalue weighted by atomic mass is 35.5. The van der Waals surface area contributed by atoms with Crippen molar-refractivity contribution in [1.82, 2.24) is 9.97 Å². The van der Waals surface area contributed by atoms with Gasteiger partial charge in [0.05, 0.1) is 11.2 Å². The fourth-order valence-corrected chi connectivity index (χ4v) is 2.46. The van der Waals surface area contributed by atoms with Gasteiger partial charge in [-0.3, -0.25) is 0 Å². The summed E-state index contributed by atoms with van der Waals surface area (Å²) in [6.45, 7) is 4.26. The largest absolute Gasteiger partial charge is 0.353 e. The lowest BCUT2D eigenvalue weighted by Crippen LogP contribution is -1.94. The highest BCUT2D eigenvalue weighted by molar-refractivity contribution is 6.30. The number of nitrogens with one attached hydrogen (secondary N) is 1. The van der Waals surface area contributed by atoms with Crippen molar-refractivity contribution in [3.63, 3.8) is 0 Å². The number of hydrogen-bond acceptors (Lipinski definition) is 1. The Balaban J connectivity index is 2.51. The highest BCUT2D eigenvalue weighted by Gasteiger charge is 2.12. The summed E-state index contributed by atoms with van der Waals surface area (Å²) >= 11 is 6.10. The van der Waals surface area contributed by atoms with E-state index in [4.69, 9.17) is 11.6 Å². The van der Waals surface area contributed by atoms with Crippen LogP contribution in [0.25, 0.3) is 21.8 Å². The lowest BCUT2D eigenvalue weighted by molar-refractivity contribution is 0.832. The molecule has 0 spiro atoms. The summed E-state index contributed by atoms with van der Waals surface area (Å²) in [6.07, 6.45) is 0. The van der Waals surface area contributed by atoms with Crippen LogP contribution in [0.15, 0.2) is 30.3 Å². The second-order valence-electron chi connectivity index (χ2n) is 4.58. The molecule has 2 aromatic heterocycles. The van der Waals surface area contributed by atoms with Crippen LogP contribution in [0.2, 0.25) is 5.15 Å². The van der Waals surface area contributed by atoms with E-state index >= 15 is 0 Å². The Morgan fingerprint density at radius 1 is 1.18 bits per heavy atom. The quantitative estimate of drug-likeness (QED) is 0.628. The molecule has 0 aliphatic carbocycles. The number of fused-ring (bicyclic) bond motifs is 3. The van der Waals surface area contributed by atoms with Crippen molar-refractivity contribution in [2.75, 3.05) is 0 Å². The zero-order chi connectivity index (χ0) is 12.0. The van der Waals surface area contributed by atoms with E-state index in [1.54, 1.807) is 0 Å². The number of benzene rings is 1. The minimum Gasteiger partial charge on any atom is -0.353 e. The summed E-state index contributed by atoms with van der Waals surface area (Å²) in [5.41, 5.74) is 3.27. The number of rotatable bonds is 1. The topological polar surface area (TPSA) is 28.7 Å². The molecule has 0 aliphatic rings. The van der Waals surface area contributed by atoms with Crippen LogP contribution >= 0.6 is 11.6 Å². The third-order valence-electron chi connectivity index (χ3n) is 3.04. The van der Waals surface area contributed by atoms with Gasteiger partial charge in [0, 0.05) is 16.3 Å². The fourth-order valence-electron chi connectivity index (χ4n) is 2.26. The van der Waals surface area contributed by atoms with Gasteiger partial charge in [0.15, 0.2) is 0 Å². The molecule has 1 aromatic carbocycles. The molecule has 3 aromatic rings. The van der Waals surface area contributed by atoms with Crippen LogP contribution in [0.3, 0.4) is 0 Å². The average molecular weight is 245 g/mol. The summed E-state index contributed by atoms with van der Waals surface area (Å²) in [7, 11) is 0. The normalized spacial score (nSPS) is 11.8. The van der Waals surface area contributed by atoms with Gasteiger partial charge in [-0.1, -0.05) is 43.6 Å². The second-order valence-corrected chi connectivity index (χ2v) is 4.97. The number of pyridine rings is 1. The summed E-state index contributed by atoms with van der Waals surface area (Å²) in [4.78, 5) is 7.86. The third-order valence-corrected chi connectivity index (χ3v) is 3.23. The van der Waals surface area contributed by atoms with Crippen molar-refractivity contribution in [3.8, 4) is 0 Å². The monoisotopic (exact) mass is 244 g/mol. The molecular formula is C14H13ClN2. The Hall–Kier alpha value is -1.54. The minimum atomic E-state index is 0.351. The lowest BCUT2D eigenvalue weighted by Gasteiger charge is -2.06. The van der Waals surface area contributed by atoms with Crippen LogP contribution in [-0.2, 0) is 0 Å². The second kappa shape index (κ2) is 3.74. The van der Waals surface area contributed by atoms with Gasteiger partial charge in [-0.2, -0.15) is 0 Å². The first-order valence-electron chi connectivity index (χ1n) is 5.73.